The van der Waals surface area contributed by atoms with Gasteiger partial charge in [0.2, 0.25) is 0 Å². The average molecular weight is 160 g/mol. The first-order valence-electron chi connectivity index (χ1n) is 3.89. The molecule has 11 heavy (non-hydrogen) atoms. The molecule has 0 saturated carbocycles. The summed E-state index contributed by atoms with van der Waals surface area (Å²) in [4.78, 5) is 10.2. The minimum atomic E-state index is -0.206. The highest BCUT2D eigenvalue weighted by atomic mass is 16.7. The Morgan fingerprint density at radius 1 is 1.36 bits per heavy atom. The minimum absolute atomic E-state index is 0.0436. The summed E-state index contributed by atoms with van der Waals surface area (Å²) >= 11 is 0. The van der Waals surface area contributed by atoms with Gasteiger partial charge in [-0.2, -0.15) is 0 Å². The van der Waals surface area contributed by atoms with Gasteiger partial charge in [-0.1, -0.05) is 6.92 Å². The molecule has 0 amide bonds. The fraction of sp³-hybridized carbons (Fsp3) is 0.875. The van der Waals surface area contributed by atoms with Crippen molar-refractivity contribution in [3.05, 3.63) is 0 Å². The second kappa shape index (κ2) is 6.31. The minimum Gasteiger partial charge on any atom is -0.353 e. The fourth-order valence-electron chi connectivity index (χ4n) is 0.609. The third-order valence-electron chi connectivity index (χ3n) is 1.23. The van der Waals surface area contributed by atoms with E-state index in [0.717, 1.165) is 6.29 Å². The van der Waals surface area contributed by atoms with E-state index in [1.165, 1.54) is 0 Å². The van der Waals surface area contributed by atoms with Crippen molar-refractivity contribution in [2.75, 3.05) is 13.2 Å². The van der Waals surface area contributed by atoms with E-state index in [0.29, 0.717) is 13.2 Å². The Labute approximate surface area is 67.7 Å². The van der Waals surface area contributed by atoms with Gasteiger partial charge in [0.25, 0.3) is 0 Å². The molecule has 0 aliphatic rings. The number of hydrogen-bond acceptors (Lipinski definition) is 3. The lowest BCUT2D eigenvalue weighted by atomic mass is 10.2. The molecule has 3 heteroatoms. The first-order chi connectivity index (χ1) is 5.20. The third-order valence-corrected chi connectivity index (χ3v) is 1.23. The summed E-state index contributed by atoms with van der Waals surface area (Å²) in [5, 5.41) is 0. The zero-order valence-electron chi connectivity index (χ0n) is 7.37. The molecule has 0 aromatic carbocycles. The molecule has 2 unspecified atom stereocenters. The summed E-state index contributed by atoms with van der Waals surface area (Å²) in [5.74, 6) is -0.0436. The normalized spacial score (nSPS) is 15.9. The molecule has 0 aromatic heterocycles. The SMILES string of the molecule is CCOC(C)OCC(C)C=O. The van der Waals surface area contributed by atoms with Crippen LogP contribution in [0.5, 0.6) is 0 Å². The van der Waals surface area contributed by atoms with Crippen molar-refractivity contribution in [3.8, 4) is 0 Å². The molecule has 0 fully saturated rings. The van der Waals surface area contributed by atoms with Crippen LogP contribution in [0.4, 0.5) is 0 Å². The highest BCUT2D eigenvalue weighted by Gasteiger charge is 2.03. The van der Waals surface area contributed by atoms with Crippen LogP contribution in [0.15, 0.2) is 0 Å². The van der Waals surface area contributed by atoms with Crippen LogP contribution in [0.1, 0.15) is 20.8 Å². The van der Waals surface area contributed by atoms with Crippen LogP contribution in [0.3, 0.4) is 0 Å². The molecule has 2 atom stereocenters. The number of aldehydes is 1. The van der Waals surface area contributed by atoms with Gasteiger partial charge in [0, 0.05) is 12.5 Å². The smallest absolute Gasteiger partial charge is 0.154 e. The summed E-state index contributed by atoms with van der Waals surface area (Å²) in [6.45, 7) is 6.61. The van der Waals surface area contributed by atoms with E-state index in [1.54, 1.807) is 0 Å². The van der Waals surface area contributed by atoms with E-state index in [9.17, 15) is 4.79 Å². The van der Waals surface area contributed by atoms with Crippen LogP contribution in [-0.4, -0.2) is 25.8 Å². The molecule has 0 bridgehead atoms. The molecule has 0 spiro atoms. The third kappa shape index (κ3) is 6.01. The molecule has 0 aliphatic heterocycles. The maximum atomic E-state index is 10.2. The van der Waals surface area contributed by atoms with Gasteiger partial charge < -0.3 is 14.3 Å². The lowest BCUT2D eigenvalue weighted by Gasteiger charge is -2.13. The fourth-order valence-corrected chi connectivity index (χ4v) is 0.609. The number of ether oxygens (including phenoxy) is 2. The molecule has 0 rings (SSSR count). The van der Waals surface area contributed by atoms with Crippen molar-refractivity contribution in [1.29, 1.82) is 0 Å². The van der Waals surface area contributed by atoms with Crippen LogP contribution in [-0.2, 0) is 14.3 Å². The van der Waals surface area contributed by atoms with E-state index >= 15 is 0 Å². The van der Waals surface area contributed by atoms with Gasteiger partial charge in [-0.15, -0.1) is 0 Å². The van der Waals surface area contributed by atoms with Crippen LogP contribution >= 0.6 is 0 Å². The molecule has 0 aromatic rings. The Balaban J connectivity index is 3.29. The Bertz CT molecular complexity index is 104. The standard InChI is InChI=1S/C8H16O3/c1-4-10-8(3)11-6-7(2)5-9/h5,7-8H,4,6H2,1-3H3. The number of carbonyl (C=O) groups is 1. The second-order valence-electron chi connectivity index (χ2n) is 2.47. The predicted molar refractivity (Wildman–Crippen MR) is 42.3 cm³/mol. The van der Waals surface area contributed by atoms with E-state index in [1.807, 2.05) is 20.8 Å². The second-order valence-corrected chi connectivity index (χ2v) is 2.47. The number of carbonyl (C=O) groups excluding carboxylic acids is 1. The van der Waals surface area contributed by atoms with Gasteiger partial charge in [-0.25, -0.2) is 0 Å². The topological polar surface area (TPSA) is 35.5 Å². The van der Waals surface area contributed by atoms with Gasteiger partial charge in [-0.05, 0) is 13.8 Å². The van der Waals surface area contributed by atoms with Crippen molar-refractivity contribution in [1.82, 2.24) is 0 Å². The molecule has 0 radical (unpaired) electrons. The Hall–Kier alpha value is -0.410. The Morgan fingerprint density at radius 2 is 2.00 bits per heavy atom. The predicted octanol–water partition coefficient (Wildman–Crippen LogP) is 1.22. The van der Waals surface area contributed by atoms with Gasteiger partial charge in [0.1, 0.15) is 6.29 Å². The lowest BCUT2D eigenvalue weighted by molar-refractivity contribution is -0.138. The first-order valence-corrected chi connectivity index (χ1v) is 3.89. The average Bonchev–Trinajstić information content (AvgIpc) is 2.01. The Kier molecular flexibility index (Phi) is 6.07. The number of rotatable bonds is 6. The highest BCUT2D eigenvalue weighted by molar-refractivity contribution is 5.52. The van der Waals surface area contributed by atoms with Crippen LogP contribution in [0.2, 0.25) is 0 Å². The van der Waals surface area contributed by atoms with Crippen molar-refractivity contribution < 1.29 is 14.3 Å². The molecule has 3 nitrogen and oxygen atoms in total. The van der Waals surface area contributed by atoms with Gasteiger partial charge >= 0.3 is 0 Å². The molecule has 0 saturated heterocycles. The van der Waals surface area contributed by atoms with Crippen molar-refractivity contribution >= 4 is 6.29 Å². The summed E-state index contributed by atoms with van der Waals surface area (Å²) in [6, 6.07) is 0. The zero-order chi connectivity index (χ0) is 8.69. The van der Waals surface area contributed by atoms with E-state index in [2.05, 4.69) is 0 Å². The molecular formula is C8H16O3. The largest absolute Gasteiger partial charge is 0.353 e. The first kappa shape index (κ1) is 10.6. The maximum absolute atomic E-state index is 10.2. The van der Waals surface area contributed by atoms with E-state index < -0.39 is 0 Å². The van der Waals surface area contributed by atoms with Gasteiger partial charge in [-0.3, -0.25) is 0 Å². The van der Waals surface area contributed by atoms with Crippen molar-refractivity contribution in [2.45, 2.75) is 27.1 Å². The summed E-state index contributed by atoms with van der Waals surface area (Å²) in [6.07, 6.45) is 0.668. The van der Waals surface area contributed by atoms with Gasteiger partial charge in [0.15, 0.2) is 6.29 Å². The van der Waals surface area contributed by atoms with E-state index in [-0.39, 0.29) is 12.2 Å². The summed E-state index contributed by atoms with van der Waals surface area (Å²) in [5.41, 5.74) is 0. The molecular weight excluding hydrogens is 144 g/mol. The quantitative estimate of drug-likeness (QED) is 0.433. The van der Waals surface area contributed by atoms with Crippen molar-refractivity contribution in [2.24, 2.45) is 5.92 Å². The lowest BCUT2D eigenvalue weighted by Crippen LogP contribution is -2.17. The summed E-state index contributed by atoms with van der Waals surface area (Å²) < 4.78 is 10.3. The monoisotopic (exact) mass is 160 g/mol. The maximum Gasteiger partial charge on any atom is 0.154 e. The Morgan fingerprint density at radius 3 is 2.45 bits per heavy atom. The van der Waals surface area contributed by atoms with Crippen LogP contribution in [0.25, 0.3) is 0 Å². The molecule has 0 N–H and O–H groups in total. The van der Waals surface area contributed by atoms with Crippen LogP contribution < -0.4 is 0 Å². The zero-order valence-corrected chi connectivity index (χ0v) is 7.37. The highest BCUT2D eigenvalue weighted by Crippen LogP contribution is 1.97. The molecule has 66 valence electrons. The number of hydrogen-bond donors (Lipinski definition) is 0. The van der Waals surface area contributed by atoms with Crippen molar-refractivity contribution in [3.63, 3.8) is 0 Å². The van der Waals surface area contributed by atoms with Crippen LogP contribution in [0, 0.1) is 5.92 Å². The van der Waals surface area contributed by atoms with Gasteiger partial charge in [0.05, 0.1) is 6.61 Å². The summed E-state index contributed by atoms with van der Waals surface area (Å²) in [7, 11) is 0. The molecule has 0 heterocycles. The molecule has 0 aliphatic carbocycles. The van der Waals surface area contributed by atoms with E-state index in [4.69, 9.17) is 9.47 Å².